The number of benzene rings is 1. The van der Waals surface area contributed by atoms with Gasteiger partial charge < -0.3 is 4.74 Å². The van der Waals surface area contributed by atoms with Gasteiger partial charge in [0.1, 0.15) is 0 Å². The number of ether oxygens (including phenoxy) is 1. The molecule has 0 unspecified atom stereocenters. The number of hydrogen-bond acceptors (Lipinski definition) is 6. The maximum absolute atomic E-state index is 13.0. The highest BCUT2D eigenvalue weighted by Crippen LogP contribution is 2.18. The lowest BCUT2D eigenvalue weighted by Crippen LogP contribution is -2.45. The molecule has 1 saturated heterocycles. The second-order valence-corrected chi connectivity index (χ2v) is 6.84. The number of amides is 2. The average Bonchev–Trinajstić information content (AvgIpc) is 3.38. The first-order chi connectivity index (χ1) is 14.0. The number of rotatable bonds is 7. The number of unbranched alkanes of at least 4 members (excludes halogenated alkanes) is 1. The van der Waals surface area contributed by atoms with Crippen molar-refractivity contribution < 1.29 is 19.1 Å². The van der Waals surface area contributed by atoms with Crippen LogP contribution in [0.5, 0.6) is 0 Å². The molecule has 0 bridgehead atoms. The fraction of sp³-hybridized carbons (Fsp3) is 0.450. The third-order valence-corrected chi connectivity index (χ3v) is 4.77. The van der Waals surface area contributed by atoms with Crippen LogP contribution in [-0.4, -0.2) is 63.0 Å². The summed E-state index contributed by atoms with van der Waals surface area (Å²) in [5.74, 6) is -0.744. The van der Waals surface area contributed by atoms with Crippen LogP contribution in [-0.2, 0) is 14.3 Å². The molecule has 3 rings (SSSR count). The molecule has 0 atom stereocenters. The molecule has 9 heteroatoms. The van der Waals surface area contributed by atoms with Crippen molar-refractivity contribution in [3.63, 3.8) is 0 Å². The van der Waals surface area contributed by atoms with Crippen molar-refractivity contribution in [1.82, 2.24) is 25.0 Å². The van der Waals surface area contributed by atoms with Gasteiger partial charge in [0.25, 0.3) is 5.91 Å². The number of hydrazine groups is 1. The van der Waals surface area contributed by atoms with E-state index in [0.29, 0.717) is 38.0 Å². The highest BCUT2D eigenvalue weighted by atomic mass is 16.5. The number of nitrogens with zero attached hydrogens (tertiary/aromatic N) is 5. The van der Waals surface area contributed by atoms with E-state index in [2.05, 4.69) is 14.9 Å². The lowest BCUT2D eigenvalue weighted by molar-refractivity contribution is -0.142. The van der Waals surface area contributed by atoms with Crippen molar-refractivity contribution in [3.05, 3.63) is 41.7 Å². The van der Waals surface area contributed by atoms with E-state index in [1.54, 1.807) is 6.92 Å². The Labute approximate surface area is 169 Å². The van der Waals surface area contributed by atoms with Gasteiger partial charge in [-0.25, -0.2) is 5.01 Å². The zero-order valence-corrected chi connectivity index (χ0v) is 16.7. The summed E-state index contributed by atoms with van der Waals surface area (Å²) in [6.07, 6.45) is 2.41. The maximum atomic E-state index is 13.0. The molecular weight excluding hydrogens is 374 g/mol. The Morgan fingerprint density at radius 3 is 2.41 bits per heavy atom. The van der Waals surface area contributed by atoms with Gasteiger partial charge in [-0.3, -0.25) is 19.4 Å². The van der Waals surface area contributed by atoms with Crippen LogP contribution in [0.15, 0.2) is 30.3 Å². The summed E-state index contributed by atoms with van der Waals surface area (Å²) in [5, 5.41) is 11.6. The van der Waals surface area contributed by atoms with E-state index in [1.807, 2.05) is 30.3 Å². The van der Waals surface area contributed by atoms with Crippen LogP contribution in [0.3, 0.4) is 0 Å². The monoisotopic (exact) mass is 399 g/mol. The fourth-order valence-electron chi connectivity index (χ4n) is 3.23. The largest absolute Gasteiger partial charge is 0.469 e. The van der Waals surface area contributed by atoms with E-state index >= 15 is 0 Å². The molecule has 2 aromatic rings. The summed E-state index contributed by atoms with van der Waals surface area (Å²) in [4.78, 5) is 38.2. The van der Waals surface area contributed by atoms with Gasteiger partial charge in [0.05, 0.1) is 18.5 Å². The molecule has 1 aliphatic rings. The van der Waals surface area contributed by atoms with Gasteiger partial charge in [-0.1, -0.05) is 18.2 Å². The number of carbonyl (C=O) groups excluding carboxylic acids is 3. The molecular formula is C20H25N5O4. The maximum Gasteiger partial charge on any atom is 0.305 e. The van der Waals surface area contributed by atoms with Crippen molar-refractivity contribution in [3.8, 4) is 5.69 Å². The Hall–Kier alpha value is -3.23. The third-order valence-electron chi connectivity index (χ3n) is 4.77. The molecule has 2 amide bonds. The predicted molar refractivity (Wildman–Crippen MR) is 104 cm³/mol. The Morgan fingerprint density at radius 2 is 1.69 bits per heavy atom. The van der Waals surface area contributed by atoms with Crippen molar-refractivity contribution >= 4 is 17.8 Å². The van der Waals surface area contributed by atoms with Crippen LogP contribution in [0.1, 0.15) is 48.3 Å². The zero-order valence-electron chi connectivity index (χ0n) is 16.7. The molecule has 0 spiro atoms. The van der Waals surface area contributed by atoms with Crippen molar-refractivity contribution in [2.45, 2.75) is 39.0 Å². The van der Waals surface area contributed by atoms with E-state index in [1.165, 1.54) is 21.9 Å². The molecule has 2 heterocycles. The molecule has 0 radical (unpaired) electrons. The number of carbonyl (C=O) groups is 3. The fourth-order valence-corrected chi connectivity index (χ4v) is 3.23. The van der Waals surface area contributed by atoms with E-state index in [-0.39, 0.29) is 36.3 Å². The summed E-state index contributed by atoms with van der Waals surface area (Å²) >= 11 is 0. The van der Waals surface area contributed by atoms with E-state index in [0.717, 1.165) is 5.69 Å². The summed E-state index contributed by atoms with van der Waals surface area (Å²) in [7, 11) is 1.34. The zero-order chi connectivity index (χ0) is 20.8. The minimum absolute atomic E-state index is 0.131. The van der Waals surface area contributed by atoms with Crippen LogP contribution >= 0.6 is 0 Å². The number of methoxy groups -OCH3 is 1. The average molecular weight is 399 g/mol. The second-order valence-electron chi connectivity index (χ2n) is 6.84. The minimum Gasteiger partial charge on any atom is -0.469 e. The molecule has 9 nitrogen and oxygen atoms in total. The molecule has 1 aromatic heterocycles. The number of aromatic nitrogens is 3. The Bertz CT molecular complexity index is 880. The first-order valence-corrected chi connectivity index (χ1v) is 9.69. The highest BCUT2D eigenvalue weighted by molar-refractivity contribution is 5.94. The smallest absolute Gasteiger partial charge is 0.305 e. The van der Waals surface area contributed by atoms with Crippen molar-refractivity contribution in [1.29, 1.82) is 0 Å². The van der Waals surface area contributed by atoms with E-state index < -0.39 is 0 Å². The predicted octanol–water partition coefficient (Wildman–Crippen LogP) is 1.90. The van der Waals surface area contributed by atoms with E-state index in [4.69, 9.17) is 0 Å². The third kappa shape index (κ3) is 4.79. The van der Waals surface area contributed by atoms with Gasteiger partial charge in [-0.05, 0) is 38.3 Å². The summed E-state index contributed by atoms with van der Waals surface area (Å²) in [5.41, 5.74) is 1.50. The van der Waals surface area contributed by atoms with Crippen LogP contribution in [0.4, 0.5) is 0 Å². The SMILES string of the molecule is COC(=O)CCCCC(=O)N1CCCN1C(=O)c1nn(-c2ccccc2)nc1C. The number of aryl methyl sites for hydroxylation is 1. The van der Waals surface area contributed by atoms with Crippen LogP contribution in [0.25, 0.3) is 5.69 Å². The van der Waals surface area contributed by atoms with Crippen molar-refractivity contribution in [2.75, 3.05) is 20.2 Å². The molecule has 0 aliphatic carbocycles. The Balaban J connectivity index is 1.65. The van der Waals surface area contributed by atoms with Crippen LogP contribution in [0, 0.1) is 6.92 Å². The Morgan fingerprint density at radius 1 is 1.00 bits per heavy atom. The van der Waals surface area contributed by atoms with Crippen LogP contribution < -0.4 is 0 Å². The standard InChI is InChI=1S/C20H25N5O4/c1-15-19(22-25(21-15)16-9-4-3-5-10-16)20(28)24-14-8-13-23(24)17(26)11-6-7-12-18(27)29-2/h3-5,9-10H,6-8,11-14H2,1-2H3. The summed E-state index contributed by atoms with van der Waals surface area (Å²) in [6.45, 7) is 2.69. The quantitative estimate of drug-likeness (QED) is 0.521. The molecule has 0 saturated carbocycles. The number of esters is 1. The number of hydrogen-bond donors (Lipinski definition) is 0. The van der Waals surface area contributed by atoms with Crippen molar-refractivity contribution in [2.24, 2.45) is 0 Å². The molecule has 1 aromatic carbocycles. The normalized spacial score (nSPS) is 13.6. The Kier molecular flexibility index (Phi) is 6.58. The van der Waals surface area contributed by atoms with Gasteiger partial charge in [0.2, 0.25) is 5.91 Å². The highest BCUT2D eigenvalue weighted by Gasteiger charge is 2.33. The lowest BCUT2D eigenvalue weighted by atomic mass is 10.2. The minimum atomic E-state index is -0.329. The molecule has 0 N–H and O–H groups in total. The summed E-state index contributed by atoms with van der Waals surface area (Å²) < 4.78 is 4.60. The molecule has 29 heavy (non-hydrogen) atoms. The van der Waals surface area contributed by atoms with E-state index in [9.17, 15) is 14.4 Å². The molecule has 1 aliphatic heterocycles. The van der Waals surface area contributed by atoms with Crippen LogP contribution in [0.2, 0.25) is 0 Å². The van der Waals surface area contributed by atoms with Gasteiger partial charge in [0.15, 0.2) is 5.69 Å². The second kappa shape index (κ2) is 9.31. The molecule has 154 valence electrons. The van der Waals surface area contributed by atoms with Gasteiger partial charge in [-0.15, -0.1) is 5.10 Å². The van der Waals surface area contributed by atoms with Gasteiger partial charge in [-0.2, -0.15) is 9.90 Å². The summed E-state index contributed by atoms with van der Waals surface area (Å²) in [6, 6.07) is 9.35. The molecule has 1 fully saturated rings. The van der Waals surface area contributed by atoms with Gasteiger partial charge in [0, 0.05) is 25.9 Å². The van der Waals surface area contributed by atoms with Gasteiger partial charge >= 0.3 is 5.97 Å². The number of para-hydroxylation sites is 1. The first kappa shape index (κ1) is 20.5. The first-order valence-electron chi connectivity index (χ1n) is 9.69. The topological polar surface area (TPSA) is 97.6 Å². The lowest BCUT2D eigenvalue weighted by Gasteiger charge is -2.27.